The predicted octanol–water partition coefficient (Wildman–Crippen LogP) is 3.40. The fraction of sp³-hybridized carbons (Fsp3) is 0.545. The predicted molar refractivity (Wildman–Crippen MR) is 55.0 cm³/mol. The standard InChI is InChI=1S/C11H14ClN/c1-9-5-4-8-13-10(9)11(12)6-2-3-7-11/h4-5,8H,2-3,6-7H2,1H3. The quantitative estimate of drug-likeness (QED) is 0.626. The number of nitrogens with zero attached hydrogens (tertiary/aromatic N) is 1. The molecule has 0 unspecified atom stereocenters. The van der Waals surface area contributed by atoms with Crippen molar-refractivity contribution in [2.24, 2.45) is 0 Å². The molecule has 1 aliphatic rings. The molecule has 0 N–H and O–H groups in total. The van der Waals surface area contributed by atoms with Gasteiger partial charge in [-0.15, -0.1) is 11.6 Å². The van der Waals surface area contributed by atoms with Crippen LogP contribution in [0.4, 0.5) is 0 Å². The summed E-state index contributed by atoms with van der Waals surface area (Å²) in [6.07, 6.45) is 6.46. The zero-order valence-electron chi connectivity index (χ0n) is 7.89. The summed E-state index contributed by atoms with van der Waals surface area (Å²) < 4.78 is 0. The lowest BCUT2D eigenvalue weighted by Gasteiger charge is -2.21. The van der Waals surface area contributed by atoms with E-state index >= 15 is 0 Å². The largest absolute Gasteiger partial charge is 0.259 e. The van der Waals surface area contributed by atoms with Crippen molar-refractivity contribution < 1.29 is 0 Å². The fourth-order valence-electron chi connectivity index (χ4n) is 2.13. The fourth-order valence-corrected chi connectivity index (χ4v) is 2.59. The van der Waals surface area contributed by atoms with Crippen LogP contribution in [0.15, 0.2) is 18.3 Å². The molecule has 0 saturated heterocycles. The van der Waals surface area contributed by atoms with Gasteiger partial charge in [-0.1, -0.05) is 18.9 Å². The Labute approximate surface area is 84.1 Å². The van der Waals surface area contributed by atoms with Gasteiger partial charge < -0.3 is 0 Å². The molecule has 0 spiro atoms. The van der Waals surface area contributed by atoms with Crippen LogP contribution in [-0.4, -0.2) is 4.98 Å². The number of halogens is 1. The van der Waals surface area contributed by atoms with Crippen LogP contribution in [0.2, 0.25) is 0 Å². The summed E-state index contributed by atoms with van der Waals surface area (Å²) in [4.78, 5) is 4.24. The van der Waals surface area contributed by atoms with Gasteiger partial charge in [-0.2, -0.15) is 0 Å². The maximum atomic E-state index is 6.54. The molecule has 1 aromatic heterocycles. The highest BCUT2D eigenvalue weighted by molar-refractivity contribution is 6.24. The summed E-state index contributed by atoms with van der Waals surface area (Å²) in [6, 6.07) is 4.05. The van der Waals surface area contributed by atoms with Crippen LogP contribution in [0.3, 0.4) is 0 Å². The molecule has 70 valence electrons. The third-order valence-electron chi connectivity index (χ3n) is 2.83. The number of pyridine rings is 1. The van der Waals surface area contributed by atoms with Crippen molar-refractivity contribution in [3.05, 3.63) is 29.6 Å². The molecular weight excluding hydrogens is 182 g/mol. The second-order valence-electron chi connectivity index (χ2n) is 3.84. The van der Waals surface area contributed by atoms with Crippen molar-refractivity contribution in [3.8, 4) is 0 Å². The van der Waals surface area contributed by atoms with E-state index in [2.05, 4.69) is 18.0 Å². The Hall–Kier alpha value is -0.560. The molecule has 1 aromatic rings. The van der Waals surface area contributed by atoms with Crippen LogP contribution in [0.1, 0.15) is 36.9 Å². The van der Waals surface area contributed by atoms with E-state index in [1.165, 1.54) is 18.4 Å². The van der Waals surface area contributed by atoms with Crippen molar-refractivity contribution in [1.29, 1.82) is 0 Å². The van der Waals surface area contributed by atoms with Crippen LogP contribution >= 0.6 is 11.6 Å². The summed E-state index contributed by atoms with van der Waals surface area (Å²) in [5.74, 6) is 0. The van der Waals surface area contributed by atoms with Gasteiger partial charge in [0.05, 0.1) is 10.6 Å². The molecule has 0 aliphatic heterocycles. The van der Waals surface area contributed by atoms with Crippen molar-refractivity contribution in [3.63, 3.8) is 0 Å². The molecule has 0 aromatic carbocycles. The Balaban J connectivity index is 2.39. The number of rotatable bonds is 1. The van der Waals surface area contributed by atoms with Crippen molar-refractivity contribution >= 4 is 11.6 Å². The molecule has 1 aliphatic carbocycles. The summed E-state index contributed by atoms with van der Waals surface area (Å²) in [6.45, 7) is 2.09. The molecule has 0 atom stereocenters. The second-order valence-corrected chi connectivity index (χ2v) is 4.56. The van der Waals surface area contributed by atoms with Gasteiger partial charge in [0.2, 0.25) is 0 Å². The smallest absolute Gasteiger partial charge is 0.0868 e. The molecule has 2 rings (SSSR count). The maximum Gasteiger partial charge on any atom is 0.0868 e. The Morgan fingerprint density at radius 3 is 2.69 bits per heavy atom. The van der Waals surface area contributed by atoms with E-state index in [1.54, 1.807) is 0 Å². The minimum absolute atomic E-state index is 0.161. The van der Waals surface area contributed by atoms with Gasteiger partial charge in [0.25, 0.3) is 0 Å². The lowest BCUT2D eigenvalue weighted by atomic mass is 9.98. The minimum atomic E-state index is -0.161. The van der Waals surface area contributed by atoms with Crippen LogP contribution in [0, 0.1) is 6.92 Å². The molecule has 0 radical (unpaired) electrons. The summed E-state index contributed by atoms with van der Waals surface area (Å²) >= 11 is 6.54. The van der Waals surface area contributed by atoms with Crippen LogP contribution < -0.4 is 0 Å². The number of alkyl halides is 1. The van der Waals surface area contributed by atoms with Gasteiger partial charge in [-0.05, 0) is 31.4 Å². The Bertz CT molecular complexity index is 303. The van der Waals surface area contributed by atoms with Gasteiger partial charge in [0.1, 0.15) is 0 Å². The topological polar surface area (TPSA) is 12.9 Å². The van der Waals surface area contributed by atoms with Crippen LogP contribution in [-0.2, 0) is 4.87 Å². The van der Waals surface area contributed by atoms with Gasteiger partial charge in [0.15, 0.2) is 0 Å². The zero-order chi connectivity index (χ0) is 9.31. The van der Waals surface area contributed by atoms with Gasteiger partial charge in [0, 0.05) is 6.20 Å². The molecule has 0 bridgehead atoms. The van der Waals surface area contributed by atoms with E-state index in [1.807, 2.05) is 12.3 Å². The molecule has 0 amide bonds. The first kappa shape index (κ1) is 9.01. The van der Waals surface area contributed by atoms with Gasteiger partial charge in [-0.3, -0.25) is 4.98 Å². The van der Waals surface area contributed by atoms with Gasteiger partial charge >= 0.3 is 0 Å². The highest BCUT2D eigenvalue weighted by atomic mass is 35.5. The highest BCUT2D eigenvalue weighted by Crippen LogP contribution is 2.44. The summed E-state index contributed by atoms with van der Waals surface area (Å²) in [5, 5.41) is 0. The third kappa shape index (κ3) is 1.58. The molecule has 13 heavy (non-hydrogen) atoms. The lowest BCUT2D eigenvalue weighted by Crippen LogP contribution is -2.16. The molecular formula is C11H14ClN. The third-order valence-corrected chi connectivity index (χ3v) is 3.39. The average molecular weight is 196 g/mol. The highest BCUT2D eigenvalue weighted by Gasteiger charge is 2.35. The monoisotopic (exact) mass is 195 g/mol. The molecule has 1 heterocycles. The second kappa shape index (κ2) is 3.30. The SMILES string of the molecule is Cc1cccnc1C1(Cl)CCCC1. The van der Waals surface area contributed by atoms with E-state index in [-0.39, 0.29) is 4.87 Å². The first-order valence-corrected chi connectivity index (χ1v) is 5.21. The zero-order valence-corrected chi connectivity index (χ0v) is 8.64. The number of aryl methyl sites for hydroxylation is 1. The maximum absolute atomic E-state index is 6.54. The Morgan fingerprint density at radius 1 is 1.38 bits per heavy atom. The van der Waals surface area contributed by atoms with Crippen LogP contribution in [0.5, 0.6) is 0 Å². The lowest BCUT2D eigenvalue weighted by molar-refractivity contribution is 0.610. The number of hydrogen-bond donors (Lipinski definition) is 0. The van der Waals surface area contributed by atoms with E-state index in [0.717, 1.165) is 18.5 Å². The van der Waals surface area contributed by atoms with Crippen molar-refractivity contribution in [2.45, 2.75) is 37.5 Å². The van der Waals surface area contributed by atoms with E-state index in [4.69, 9.17) is 11.6 Å². The van der Waals surface area contributed by atoms with E-state index < -0.39 is 0 Å². The number of hydrogen-bond acceptors (Lipinski definition) is 1. The average Bonchev–Trinajstić information content (AvgIpc) is 2.54. The number of aromatic nitrogens is 1. The van der Waals surface area contributed by atoms with E-state index in [9.17, 15) is 0 Å². The van der Waals surface area contributed by atoms with Crippen molar-refractivity contribution in [1.82, 2.24) is 4.98 Å². The first-order chi connectivity index (χ1) is 6.22. The first-order valence-electron chi connectivity index (χ1n) is 4.83. The Morgan fingerprint density at radius 2 is 2.08 bits per heavy atom. The normalized spacial score (nSPS) is 20.5. The minimum Gasteiger partial charge on any atom is -0.259 e. The molecule has 1 fully saturated rings. The van der Waals surface area contributed by atoms with Gasteiger partial charge in [-0.25, -0.2) is 0 Å². The molecule has 2 heteroatoms. The summed E-state index contributed by atoms with van der Waals surface area (Å²) in [7, 11) is 0. The molecule has 1 nitrogen and oxygen atoms in total. The molecule has 1 saturated carbocycles. The van der Waals surface area contributed by atoms with Crippen molar-refractivity contribution in [2.75, 3.05) is 0 Å². The Kier molecular flexibility index (Phi) is 2.29. The van der Waals surface area contributed by atoms with Crippen LogP contribution in [0.25, 0.3) is 0 Å². The van der Waals surface area contributed by atoms with E-state index in [0.29, 0.717) is 0 Å². The summed E-state index contributed by atoms with van der Waals surface area (Å²) in [5.41, 5.74) is 2.31.